The molecule has 1 aliphatic heterocycles. The summed E-state index contributed by atoms with van der Waals surface area (Å²) in [6, 6.07) is 0. The lowest BCUT2D eigenvalue weighted by molar-refractivity contribution is -0.0650. The van der Waals surface area contributed by atoms with Crippen LogP contribution < -0.4 is 5.73 Å². The Morgan fingerprint density at radius 1 is 1.47 bits per heavy atom. The maximum absolute atomic E-state index is 12.2. The molecule has 0 bridgehead atoms. The number of hydrogen-bond acceptors (Lipinski definition) is 4. The minimum absolute atomic E-state index is 0.391. The van der Waals surface area contributed by atoms with E-state index < -0.39 is 15.8 Å². The Hall–Kier alpha value is -0.210. The minimum Gasteiger partial charge on any atom is -0.373 e. The average Bonchev–Trinajstić information content (AvgIpc) is 2.24. The van der Waals surface area contributed by atoms with E-state index in [1.165, 1.54) is 8.61 Å². The first kappa shape index (κ1) is 14.8. The Morgan fingerprint density at radius 3 is 2.65 bits per heavy atom. The number of hydrogen-bond donors (Lipinski definition) is 1. The van der Waals surface area contributed by atoms with Crippen LogP contribution in [-0.2, 0) is 14.9 Å². The van der Waals surface area contributed by atoms with E-state index in [0.717, 1.165) is 0 Å². The van der Waals surface area contributed by atoms with E-state index >= 15 is 0 Å². The highest BCUT2D eigenvalue weighted by molar-refractivity contribution is 7.86. The van der Waals surface area contributed by atoms with E-state index in [1.807, 2.05) is 13.8 Å². The predicted octanol–water partition coefficient (Wildman–Crippen LogP) is -0.377. The second-order valence-corrected chi connectivity index (χ2v) is 6.95. The summed E-state index contributed by atoms with van der Waals surface area (Å²) in [5.41, 5.74) is 4.97. The van der Waals surface area contributed by atoms with Gasteiger partial charge >= 0.3 is 0 Å². The molecule has 0 saturated carbocycles. The number of ether oxygens (including phenoxy) is 1. The molecule has 17 heavy (non-hydrogen) atoms. The molecule has 0 aromatic heterocycles. The molecule has 0 aromatic carbocycles. The quantitative estimate of drug-likeness (QED) is 0.735. The first-order valence-corrected chi connectivity index (χ1v) is 7.25. The topological polar surface area (TPSA) is 75.9 Å². The van der Waals surface area contributed by atoms with Gasteiger partial charge in [-0.3, -0.25) is 0 Å². The van der Waals surface area contributed by atoms with Crippen molar-refractivity contribution in [1.82, 2.24) is 8.61 Å². The molecule has 0 amide bonds. The molecule has 102 valence electrons. The third-order valence-electron chi connectivity index (χ3n) is 2.79. The summed E-state index contributed by atoms with van der Waals surface area (Å²) < 4.78 is 32.8. The van der Waals surface area contributed by atoms with Gasteiger partial charge in [0, 0.05) is 26.7 Å². The number of morpholine rings is 1. The highest BCUT2D eigenvalue weighted by atomic mass is 32.2. The average molecular weight is 265 g/mol. The molecule has 0 aromatic rings. The Balaban J connectivity index is 2.69. The van der Waals surface area contributed by atoms with Crippen LogP contribution in [0.25, 0.3) is 0 Å². The van der Waals surface area contributed by atoms with Gasteiger partial charge < -0.3 is 10.5 Å². The maximum Gasteiger partial charge on any atom is 0.281 e. The van der Waals surface area contributed by atoms with Crippen LogP contribution in [0.4, 0.5) is 0 Å². The van der Waals surface area contributed by atoms with E-state index in [1.54, 1.807) is 7.05 Å². The van der Waals surface area contributed by atoms with Crippen molar-refractivity contribution in [2.24, 2.45) is 5.73 Å². The first-order chi connectivity index (χ1) is 7.79. The molecule has 6 nitrogen and oxygen atoms in total. The van der Waals surface area contributed by atoms with Crippen LogP contribution >= 0.6 is 0 Å². The van der Waals surface area contributed by atoms with Gasteiger partial charge in [0.1, 0.15) is 0 Å². The molecule has 1 heterocycles. The van der Waals surface area contributed by atoms with Crippen molar-refractivity contribution in [1.29, 1.82) is 0 Å². The predicted molar refractivity (Wildman–Crippen MR) is 66.8 cm³/mol. The number of nitrogens with two attached hydrogens (primary N) is 1. The molecule has 0 unspecified atom stereocenters. The number of nitrogens with zero attached hydrogens (tertiary/aromatic N) is 2. The minimum atomic E-state index is -3.37. The molecule has 1 fully saturated rings. The maximum atomic E-state index is 12.2. The largest absolute Gasteiger partial charge is 0.373 e. The zero-order valence-corrected chi connectivity index (χ0v) is 11.7. The fourth-order valence-corrected chi connectivity index (χ4v) is 3.33. The highest BCUT2D eigenvalue weighted by Crippen LogP contribution is 2.20. The summed E-state index contributed by atoms with van der Waals surface area (Å²) in [5, 5.41) is 0. The number of rotatable bonds is 5. The van der Waals surface area contributed by atoms with Gasteiger partial charge in [0.15, 0.2) is 0 Å². The van der Waals surface area contributed by atoms with Crippen LogP contribution in [0.1, 0.15) is 20.3 Å². The van der Waals surface area contributed by atoms with Crippen LogP contribution in [0, 0.1) is 0 Å². The second kappa shape index (κ2) is 5.62. The van der Waals surface area contributed by atoms with Gasteiger partial charge in [-0.15, -0.1) is 0 Å². The van der Waals surface area contributed by atoms with Crippen molar-refractivity contribution in [2.45, 2.75) is 25.9 Å². The molecule has 2 N–H and O–H groups in total. The van der Waals surface area contributed by atoms with Crippen LogP contribution in [0.15, 0.2) is 0 Å². The second-order valence-electron chi connectivity index (χ2n) is 4.91. The summed E-state index contributed by atoms with van der Waals surface area (Å²) in [6.07, 6.45) is 0.670. The summed E-state index contributed by atoms with van der Waals surface area (Å²) in [4.78, 5) is 0. The molecule has 1 aliphatic rings. The van der Waals surface area contributed by atoms with E-state index in [-0.39, 0.29) is 0 Å². The zero-order valence-electron chi connectivity index (χ0n) is 10.8. The van der Waals surface area contributed by atoms with Crippen LogP contribution in [0.5, 0.6) is 0 Å². The standard InChI is InChI=1S/C10H23N3O3S/c1-10(2)9-13(7-8-16-10)17(14,15)12(3)6-4-5-11/h4-9,11H2,1-3H3. The van der Waals surface area contributed by atoms with Gasteiger partial charge in [-0.05, 0) is 26.8 Å². The lowest BCUT2D eigenvalue weighted by Gasteiger charge is -2.38. The van der Waals surface area contributed by atoms with Crippen molar-refractivity contribution in [3.8, 4) is 0 Å². The fourth-order valence-electron chi connectivity index (χ4n) is 1.80. The molecular formula is C10H23N3O3S. The van der Waals surface area contributed by atoms with Crippen molar-refractivity contribution < 1.29 is 13.2 Å². The third kappa shape index (κ3) is 3.89. The molecule has 0 atom stereocenters. The SMILES string of the molecule is CN(CCCN)S(=O)(=O)N1CCOC(C)(C)C1. The summed E-state index contributed by atoms with van der Waals surface area (Å²) >= 11 is 0. The van der Waals surface area contributed by atoms with Gasteiger partial charge in [0.05, 0.1) is 12.2 Å². The van der Waals surface area contributed by atoms with E-state index in [0.29, 0.717) is 39.2 Å². The summed E-state index contributed by atoms with van der Waals surface area (Å²) in [5.74, 6) is 0. The smallest absolute Gasteiger partial charge is 0.281 e. The third-order valence-corrected chi connectivity index (χ3v) is 4.72. The van der Waals surface area contributed by atoms with E-state index in [9.17, 15) is 8.42 Å². The van der Waals surface area contributed by atoms with Gasteiger partial charge in [-0.25, -0.2) is 0 Å². The molecule has 0 spiro atoms. The lowest BCUT2D eigenvalue weighted by Crippen LogP contribution is -2.54. The Labute approximate surface area is 104 Å². The lowest BCUT2D eigenvalue weighted by atomic mass is 10.1. The summed E-state index contributed by atoms with van der Waals surface area (Å²) in [6.45, 7) is 5.99. The molecule has 7 heteroatoms. The Morgan fingerprint density at radius 2 is 2.12 bits per heavy atom. The highest BCUT2D eigenvalue weighted by Gasteiger charge is 2.35. The van der Waals surface area contributed by atoms with E-state index in [4.69, 9.17) is 10.5 Å². The van der Waals surface area contributed by atoms with Crippen LogP contribution in [0.3, 0.4) is 0 Å². The van der Waals surface area contributed by atoms with Crippen molar-refractivity contribution >= 4 is 10.2 Å². The molecule has 1 rings (SSSR count). The van der Waals surface area contributed by atoms with Gasteiger partial charge in [0.2, 0.25) is 0 Å². The van der Waals surface area contributed by atoms with Gasteiger partial charge in [-0.2, -0.15) is 17.0 Å². The van der Waals surface area contributed by atoms with E-state index in [2.05, 4.69) is 0 Å². The molecule has 0 radical (unpaired) electrons. The normalized spacial score (nSPS) is 21.9. The summed E-state index contributed by atoms with van der Waals surface area (Å²) in [7, 11) is -1.78. The monoisotopic (exact) mass is 265 g/mol. The van der Waals surface area contributed by atoms with Crippen LogP contribution in [-0.4, -0.2) is 62.5 Å². The first-order valence-electron chi connectivity index (χ1n) is 5.85. The van der Waals surface area contributed by atoms with Crippen molar-refractivity contribution in [3.63, 3.8) is 0 Å². The molecular weight excluding hydrogens is 242 g/mol. The van der Waals surface area contributed by atoms with Crippen molar-refractivity contribution in [3.05, 3.63) is 0 Å². The molecule has 1 saturated heterocycles. The fraction of sp³-hybridized carbons (Fsp3) is 1.00. The Bertz CT molecular complexity index is 343. The van der Waals surface area contributed by atoms with Crippen molar-refractivity contribution in [2.75, 3.05) is 39.8 Å². The van der Waals surface area contributed by atoms with Crippen LogP contribution in [0.2, 0.25) is 0 Å². The van der Waals surface area contributed by atoms with Gasteiger partial charge in [0.25, 0.3) is 10.2 Å². The van der Waals surface area contributed by atoms with Gasteiger partial charge in [-0.1, -0.05) is 0 Å². The zero-order chi connectivity index (χ0) is 13.1. The molecule has 0 aliphatic carbocycles. The Kier molecular flexibility index (Phi) is 4.91.